The Balaban J connectivity index is 1.85. The molecule has 0 aliphatic carbocycles. The minimum Gasteiger partial charge on any atom is -0.389 e. The van der Waals surface area contributed by atoms with Gasteiger partial charge < -0.3 is 14.4 Å². The Kier molecular flexibility index (Phi) is 3.76. The zero-order valence-corrected chi connectivity index (χ0v) is 13.0. The second-order valence-electron chi connectivity index (χ2n) is 6.58. The molecule has 1 aromatic carbocycles. The van der Waals surface area contributed by atoms with Gasteiger partial charge in [-0.25, -0.2) is 4.98 Å². The van der Waals surface area contributed by atoms with Gasteiger partial charge in [0.05, 0.1) is 22.7 Å². The van der Waals surface area contributed by atoms with Crippen molar-refractivity contribution in [3.63, 3.8) is 0 Å². The van der Waals surface area contributed by atoms with E-state index < -0.39 is 5.60 Å². The van der Waals surface area contributed by atoms with Crippen molar-refractivity contribution in [3.05, 3.63) is 30.1 Å². The highest BCUT2D eigenvalue weighted by molar-refractivity contribution is 5.75. The molecule has 1 aliphatic heterocycles. The molecule has 4 heteroatoms. The molecule has 2 aromatic rings. The molecular weight excluding hydrogens is 264 g/mol. The molecule has 2 heterocycles. The molecule has 0 saturated carbocycles. The van der Waals surface area contributed by atoms with Crippen molar-refractivity contribution in [1.29, 1.82) is 0 Å². The Bertz CT molecular complexity index is 635. The summed E-state index contributed by atoms with van der Waals surface area (Å²) in [6.45, 7) is 4.92. The van der Waals surface area contributed by atoms with Crippen molar-refractivity contribution < 1.29 is 9.84 Å². The van der Waals surface area contributed by atoms with Gasteiger partial charge in [-0.1, -0.05) is 26.0 Å². The fourth-order valence-corrected chi connectivity index (χ4v) is 3.17. The summed E-state index contributed by atoms with van der Waals surface area (Å²) in [6.07, 6.45) is 2.09. The van der Waals surface area contributed by atoms with Crippen molar-refractivity contribution in [1.82, 2.24) is 9.55 Å². The number of hydrogen-bond donors (Lipinski definition) is 1. The monoisotopic (exact) mass is 288 g/mol. The number of aliphatic hydroxyl groups is 1. The molecule has 1 aliphatic rings. The van der Waals surface area contributed by atoms with E-state index in [9.17, 15) is 5.11 Å². The topological polar surface area (TPSA) is 47.3 Å². The average Bonchev–Trinajstić information content (AvgIpc) is 2.75. The predicted octanol–water partition coefficient (Wildman–Crippen LogP) is 2.68. The summed E-state index contributed by atoms with van der Waals surface area (Å²) < 4.78 is 7.86. The molecule has 0 bridgehead atoms. The number of hydrogen-bond acceptors (Lipinski definition) is 3. The van der Waals surface area contributed by atoms with Gasteiger partial charge in [-0.2, -0.15) is 0 Å². The lowest BCUT2D eigenvalue weighted by Crippen LogP contribution is -2.44. The standard InChI is InChI=1S/C17H24N2O2/c1-12(2)15-10-17(20,8-9-21-15)11-16-18-13-6-4-5-7-14(13)19(16)3/h4-7,12,15,20H,8-11H2,1-3H3. The molecule has 1 N–H and O–H groups in total. The Morgan fingerprint density at radius 2 is 2.19 bits per heavy atom. The number of imidazole rings is 1. The van der Waals surface area contributed by atoms with Crippen molar-refractivity contribution in [2.75, 3.05) is 6.61 Å². The number of ether oxygens (including phenoxy) is 1. The summed E-state index contributed by atoms with van der Waals surface area (Å²) in [7, 11) is 2.02. The van der Waals surface area contributed by atoms with Crippen LogP contribution in [0, 0.1) is 5.92 Å². The van der Waals surface area contributed by atoms with Crippen LogP contribution in [0.15, 0.2) is 24.3 Å². The van der Waals surface area contributed by atoms with Crippen LogP contribution in [-0.2, 0) is 18.2 Å². The van der Waals surface area contributed by atoms with E-state index in [-0.39, 0.29) is 6.10 Å². The maximum atomic E-state index is 11.0. The van der Waals surface area contributed by atoms with Crippen LogP contribution in [0.4, 0.5) is 0 Å². The van der Waals surface area contributed by atoms with Crippen LogP contribution in [0.1, 0.15) is 32.5 Å². The van der Waals surface area contributed by atoms with E-state index in [1.165, 1.54) is 0 Å². The summed E-state index contributed by atoms with van der Waals surface area (Å²) >= 11 is 0. The van der Waals surface area contributed by atoms with E-state index in [1.54, 1.807) is 0 Å². The number of aromatic nitrogens is 2. The highest BCUT2D eigenvalue weighted by atomic mass is 16.5. The number of fused-ring (bicyclic) bond motifs is 1. The molecule has 21 heavy (non-hydrogen) atoms. The first-order valence-corrected chi connectivity index (χ1v) is 7.73. The number of nitrogens with zero attached hydrogens (tertiary/aromatic N) is 2. The molecule has 1 aromatic heterocycles. The molecule has 3 rings (SSSR count). The number of rotatable bonds is 3. The first-order chi connectivity index (χ1) is 9.98. The van der Waals surface area contributed by atoms with Crippen molar-refractivity contribution in [2.45, 2.75) is 44.8 Å². The lowest BCUT2D eigenvalue weighted by molar-refractivity contribution is -0.117. The van der Waals surface area contributed by atoms with Crippen LogP contribution in [-0.4, -0.2) is 33.0 Å². The lowest BCUT2D eigenvalue weighted by atomic mass is 9.84. The van der Waals surface area contributed by atoms with E-state index in [4.69, 9.17) is 4.74 Å². The van der Waals surface area contributed by atoms with Gasteiger partial charge in [-0.15, -0.1) is 0 Å². The summed E-state index contributed by atoms with van der Waals surface area (Å²) in [5, 5.41) is 11.0. The van der Waals surface area contributed by atoms with Gasteiger partial charge in [0, 0.05) is 32.9 Å². The van der Waals surface area contributed by atoms with Crippen LogP contribution in [0.3, 0.4) is 0 Å². The van der Waals surface area contributed by atoms with Gasteiger partial charge in [-0.3, -0.25) is 0 Å². The van der Waals surface area contributed by atoms with E-state index in [0.717, 1.165) is 16.9 Å². The molecule has 2 atom stereocenters. The van der Waals surface area contributed by atoms with Crippen LogP contribution >= 0.6 is 0 Å². The van der Waals surface area contributed by atoms with E-state index in [2.05, 4.69) is 29.5 Å². The van der Waals surface area contributed by atoms with Crippen molar-refractivity contribution in [3.8, 4) is 0 Å². The number of para-hydroxylation sites is 2. The Labute approximate surface area is 125 Å². The van der Waals surface area contributed by atoms with Gasteiger partial charge >= 0.3 is 0 Å². The zero-order chi connectivity index (χ0) is 15.0. The number of aryl methyl sites for hydroxylation is 1. The molecule has 1 fully saturated rings. The van der Waals surface area contributed by atoms with E-state index >= 15 is 0 Å². The molecule has 0 spiro atoms. The summed E-state index contributed by atoms with van der Waals surface area (Å²) in [6, 6.07) is 8.10. The Hall–Kier alpha value is -1.39. The van der Waals surface area contributed by atoms with E-state index in [1.807, 2.05) is 25.2 Å². The van der Waals surface area contributed by atoms with Crippen molar-refractivity contribution >= 4 is 11.0 Å². The molecule has 114 valence electrons. The average molecular weight is 288 g/mol. The van der Waals surface area contributed by atoms with Gasteiger partial charge in [0.15, 0.2) is 0 Å². The Morgan fingerprint density at radius 1 is 1.43 bits per heavy atom. The largest absolute Gasteiger partial charge is 0.389 e. The third kappa shape index (κ3) is 2.83. The van der Waals surface area contributed by atoms with E-state index in [0.29, 0.717) is 31.8 Å². The maximum Gasteiger partial charge on any atom is 0.112 e. The molecule has 1 saturated heterocycles. The highest BCUT2D eigenvalue weighted by Gasteiger charge is 2.37. The van der Waals surface area contributed by atoms with Crippen LogP contribution < -0.4 is 0 Å². The molecule has 4 nitrogen and oxygen atoms in total. The maximum absolute atomic E-state index is 11.0. The van der Waals surface area contributed by atoms with Crippen molar-refractivity contribution in [2.24, 2.45) is 13.0 Å². The first-order valence-electron chi connectivity index (χ1n) is 7.73. The first kappa shape index (κ1) is 14.5. The minimum absolute atomic E-state index is 0.137. The van der Waals surface area contributed by atoms with Gasteiger partial charge in [0.25, 0.3) is 0 Å². The predicted molar refractivity (Wildman–Crippen MR) is 83.2 cm³/mol. The quantitative estimate of drug-likeness (QED) is 0.944. The molecule has 0 radical (unpaired) electrons. The molecule has 0 amide bonds. The fourth-order valence-electron chi connectivity index (χ4n) is 3.17. The highest BCUT2D eigenvalue weighted by Crippen LogP contribution is 2.31. The van der Waals surface area contributed by atoms with Crippen LogP contribution in [0.5, 0.6) is 0 Å². The summed E-state index contributed by atoms with van der Waals surface area (Å²) in [5.41, 5.74) is 1.40. The second kappa shape index (κ2) is 5.43. The normalized spacial score (nSPS) is 26.6. The Morgan fingerprint density at radius 3 is 2.90 bits per heavy atom. The molecule has 2 unspecified atom stereocenters. The van der Waals surface area contributed by atoms with Crippen LogP contribution in [0.2, 0.25) is 0 Å². The third-order valence-electron chi connectivity index (χ3n) is 4.59. The lowest BCUT2D eigenvalue weighted by Gasteiger charge is -2.38. The SMILES string of the molecule is CC(C)C1CC(O)(Cc2nc3ccccc3n2C)CCO1. The van der Waals surface area contributed by atoms with Gasteiger partial charge in [0.1, 0.15) is 5.82 Å². The smallest absolute Gasteiger partial charge is 0.112 e. The fraction of sp³-hybridized carbons (Fsp3) is 0.588. The number of benzene rings is 1. The van der Waals surface area contributed by atoms with Gasteiger partial charge in [0.2, 0.25) is 0 Å². The second-order valence-corrected chi connectivity index (χ2v) is 6.58. The van der Waals surface area contributed by atoms with Crippen LogP contribution in [0.25, 0.3) is 11.0 Å². The third-order valence-corrected chi connectivity index (χ3v) is 4.59. The van der Waals surface area contributed by atoms with Gasteiger partial charge in [-0.05, 0) is 18.1 Å². The summed E-state index contributed by atoms with van der Waals surface area (Å²) in [5.74, 6) is 1.38. The summed E-state index contributed by atoms with van der Waals surface area (Å²) in [4.78, 5) is 4.68. The minimum atomic E-state index is -0.706. The zero-order valence-electron chi connectivity index (χ0n) is 13.0. The molecular formula is C17H24N2O2.